The Kier molecular flexibility index (Phi) is 7.92. The van der Waals surface area contributed by atoms with E-state index in [0.717, 1.165) is 41.9 Å². The van der Waals surface area contributed by atoms with Crippen molar-refractivity contribution in [3.8, 4) is 17.1 Å². The van der Waals surface area contributed by atoms with E-state index < -0.39 is 17.3 Å². The summed E-state index contributed by atoms with van der Waals surface area (Å²) in [5.74, 6) is 0.183. The molecule has 1 aliphatic rings. The number of aromatic nitrogens is 4. The van der Waals surface area contributed by atoms with Gasteiger partial charge in [0.15, 0.2) is 5.82 Å². The van der Waals surface area contributed by atoms with Crippen LogP contribution in [0, 0.1) is 12.7 Å². The number of ether oxygens (including phenoxy) is 2. The van der Waals surface area contributed by atoms with E-state index in [2.05, 4.69) is 24.8 Å². The molecule has 0 bridgehead atoms. The van der Waals surface area contributed by atoms with Gasteiger partial charge in [0.25, 0.3) is 5.91 Å². The van der Waals surface area contributed by atoms with Crippen LogP contribution in [-0.2, 0) is 11.3 Å². The first-order valence-electron chi connectivity index (χ1n) is 13.7. The summed E-state index contributed by atoms with van der Waals surface area (Å²) in [5, 5.41) is 3.04. The van der Waals surface area contributed by atoms with Crippen LogP contribution >= 0.6 is 0 Å². The molecule has 4 aromatic rings. The first kappa shape index (κ1) is 28.4. The average Bonchev–Trinajstić information content (AvgIpc) is 3.56. The van der Waals surface area contributed by atoms with Crippen molar-refractivity contribution in [1.29, 1.82) is 0 Å². The van der Waals surface area contributed by atoms with Gasteiger partial charge in [0.2, 0.25) is 0 Å². The number of aryl methyl sites for hydroxylation is 1. The number of fused-ring (bicyclic) bond motifs is 1. The summed E-state index contributed by atoms with van der Waals surface area (Å²) in [4.78, 5) is 29.4. The monoisotopic (exact) mass is 561 g/mol. The van der Waals surface area contributed by atoms with E-state index in [4.69, 9.17) is 20.2 Å². The van der Waals surface area contributed by atoms with E-state index >= 15 is 0 Å². The number of rotatable bonds is 9. The Morgan fingerprint density at radius 3 is 2.73 bits per heavy atom. The fraction of sp³-hybridized carbons (Fsp3) is 0.400. The molecule has 0 radical (unpaired) electrons. The van der Waals surface area contributed by atoms with Crippen LogP contribution < -0.4 is 20.7 Å². The molecule has 0 saturated carbocycles. The highest BCUT2D eigenvalue weighted by molar-refractivity contribution is 6.08. The number of halogens is 1. The molecule has 10 nitrogen and oxygen atoms in total. The molecule has 1 saturated heterocycles. The van der Waals surface area contributed by atoms with Gasteiger partial charge in [0, 0.05) is 32.4 Å². The number of carbonyl (C=O) groups is 1. The molecular formula is C30H36FN7O3. The maximum Gasteiger partial charge on any atom is 0.274 e. The third kappa shape index (κ3) is 5.47. The third-order valence-electron chi connectivity index (χ3n) is 7.67. The van der Waals surface area contributed by atoms with Crippen LogP contribution in [0.15, 0.2) is 42.6 Å². The lowest BCUT2D eigenvalue weighted by Crippen LogP contribution is -2.36. The van der Waals surface area contributed by atoms with Crippen LogP contribution in [0.4, 0.5) is 15.8 Å². The summed E-state index contributed by atoms with van der Waals surface area (Å²) in [6.07, 6.45) is 3.37. The molecule has 11 heteroatoms. The highest BCUT2D eigenvalue weighted by Gasteiger charge is 2.30. The predicted octanol–water partition coefficient (Wildman–Crippen LogP) is 4.55. The van der Waals surface area contributed by atoms with Crippen molar-refractivity contribution in [2.24, 2.45) is 5.73 Å². The predicted molar refractivity (Wildman–Crippen MR) is 157 cm³/mol. The molecule has 1 amide bonds. The van der Waals surface area contributed by atoms with Crippen molar-refractivity contribution < 1.29 is 18.7 Å². The fourth-order valence-corrected chi connectivity index (χ4v) is 5.39. The quantitative estimate of drug-likeness (QED) is 0.305. The summed E-state index contributed by atoms with van der Waals surface area (Å²) in [5.41, 5.74) is 9.10. The Morgan fingerprint density at radius 2 is 2.00 bits per heavy atom. The lowest BCUT2D eigenvalue weighted by Gasteiger charge is -2.29. The Hall–Kier alpha value is -4.09. The van der Waals surface area contributed by atoms with Crippen LogP contribution in [0.3, 0.4) is 0 Å². The van der Waals surface area contributed by atoms with Gasteiger partial charge in [-0.05, 0) is 63.9 Å². The minimum Gasteiger partial charge on any atom is -0.496 e. The van der Waals surface area contributed by atoms with Crippen molar-refractivity contribution in [2.45, 2.75) is 51.8 Å². The highest BCUT2D eigenvalue weighted by Crippen LogP contribution is 2.39. The van der Waals surface area contributed by atoms with Gasteiger partial charge in [0.1, 0.15) is 28.6 Å². The van der Waals surface area contributed by atoms with E-state index in [1.54, 1.807) is 13.2 Å². The third-order valence-corrected chi connectivity index (χ3v) is 7.67. The van der Waals surface area contributed by atoms with Crippen LogP contribution in [0.2, 0.25) is 0 Å². The topological polar surface area (TPSA) is 120 Å². The maximum absolute atomic E-state index is 14.7. The van der Waals surface area contributed by atoms with Gasteiger partial charge in [-0.2, -0.15) is 0 Å². The number of amides is 1. The Morgan fingerprint density at radius 1 is 1.20 bits per heavy atom. The number of imidazole rings is 1. The summed E-state index contributed by atoms with van der Waals surface area (Å²) in [6, 6.07) is 9.93. The highest BCUT2D eigenvalue weighted by atomic mass is 19.1. The van der Waals surface area contributed by atoms with Gasteiger partial charge in [0.05, 0.1) is 41.7 Å². The minimum absolute atomic E-state index is 0.0566. The molecule has 41 heavy (non-hydrogen) atoms. The Bertz CT molecular complexity index is 1590. The SMILES string of the molecule is COc1cccc(F)c1-c1nccc(C(=O)Nc2ccc3c(nc(C)n3CC(C)(C)OC)c2N2CCC[C@H]2CN)n1. The molecule has 5 rings (SSSR count). The zero-order valence-electron chi connectivity index (χ0n) is 24.1. The van der Waals surface area contributed by atoms with Crippen LogP contribution in [0.5, 0.6) is 5.75 Å². The number of methoxy groups -OCH3 is 2. The molecule has 0 aliphatic carbocycles. The number of hydrogen-bond acceptors (Lipinski definition) is 8. The molecule has 3 heterocycles. The normalized spacial score (nSPS) is 15.5. The molecule has 0 unspecified atom stereocenters. The summed E-state index contributed by atoms with van der Waals surface area (Å²) in [7, 11) is 3.14. The number of nitrogens with one attached hydrogen (secondary N) is 1. The molecule has 1 fully saturated rings. The van der Waals surface area contributed by atoms with Crippen molar-refractivity contribution in [2.75, 3.05) is 37.5 Å². The summed E-state index contributed by atoms with van der Waals surface area (Å²) in [6.45, 7) is 7.93. The van der Waals surface area contributed by atoms with Gasteiger partial charge in [-0.25, -0.2) is 19.3 Å². The number of nitrogens with zero attached hydrogens (tertiary/aromatic N) is 5. The number of benzene rings is 2. The lowest BCUT2D eigenvalue weighted by atomic mass is 10.1. The van der Waals surface area contributed by atoms with Gasteiger partial charge in [-0.15, -0.1) is 0 Å². The van der Waals surface area contributed by atoms with Gasteiger partial charge in [-0.1, -0.05) is 6.07 Å². The number of hydrogen-bond donors (Lipinski definition) is 2. The molecule has 216 valence electrons. The summed E-state index contributed by atoms with van der Waals surface area (Å²) < 4.78 is 27.9. The van der Waals surface area contributed by atoms with E-state index in [0.29, 0.717) is 18.8 Å². The van der Waals surface area contributed by atoms with E-state index in [9.17, 15) is 9.18 Å². The van der Waals surface area contributed by atoms with E-state index in [1.807, 2.05) is 32.9 Å². The van der Waals surface area contributed by atoms with E-state index in [-0.39, 0.29) is 28.9 Å². The standard InChI is InChI=1S/C30H36FN7O3/c1-18-34-26-23(38(18)17-30(2,3)41-5)12-11-21(27(26)37-15-7-8-19(37)16-32)36-29(39)22-13-14-33-28(35-22)25-20(31)9-6-10-24(25)40-4/h6,9-14,19H,7-8,15-17,32H2,1-5H3,(H,36,39)/t19-/m0/s1. The molecular weight excluding hydrogens is 525 g/mol. The second-order valence-electron chi connectivity index (χ2n) is 10.8. The summed E-state index contributed by atoms with van der Waals surface area (Å²) >= 11 is 0. The van der Waals surface area contributed by atoms with Crippen molar-refractivity contribution in [3.63, 3.8) is 0 Å². The second-order valence-corrected chi connectivity index (χ2v) is 10.8. The van der Waals surface area contributed by atoms with Crippen molar-refractivity contribution in [3.05, 3.63) is 59.9 Å². The Balaban J connectivity index is 1.57. The van der Waals surface area contributed by atoms with Crippen LogP contribution in [-0.4, -0.2) is 64.4 Å². The first-order chi connectivity index (χ1) is 19.7. The molecule has 1 atom stereocenters. The van der Waals surface area contributed by atoms with Gasteiger partial charge < -0.3 is 30.0 Å². The largest absolute Gasteiger partial charge is 0.496 e. The molecule has 2 aromatic carbocycles. The van der Waals surface area contributed by atoms with Gasteiger partial charge >= 0.3 is 0 Å². The van der Waals surface area contributed by atoms with Crippen LogP contribution in [0.25, 0.3) is 22.4 Å². The maximum atomic E-state index is 14.7. The Labute approximate surface area is 238 Å². The zero-order valence-corrected chi connectivity index (χ0v) is 24.1. The van der Waals surface area contributed by atoms with Crippen molar-refractivity contribution >= 4 is 28.3 Å². The number of nitrogens with two attached hydrogens (primary N) is 1. The number of carbonyl (C=O) groups excluding carboxylic acids is 1. The lowest BCUT2D eigenvalue weighted by molar-refractivity contribution is 0.00859. The average molecular weight is 562 g/mol. The fourth-order valence-electron chi connectivity index (χ4n) is 5.39. The van der Waals surface area contributed by atoms with Gasteiger partial charge in [-0.3, -0.25) is 4.79 Å². The smallest absolute Gasteiger partial charge is 0.274 e. The molecule has 3 N–H and O–H groups in total. The van der Waals surface area contributed by atoms with E-state index in [1.165, 1.54) is 31.5 Å². The van der Waals surface area contributed by atoms with Crippen molar-refractivity contribution in [1.82, 2.24) is 19.5 Å². The number of anilines is 2. The molecule has 2 aromatic heterocycles. The molecule has 1 aliphatic heterocycles. The first-order valence-corrected chi connectivity index (χ1v) is 13.7. The molecule has 0 spiro atoms. The minimum atomic E-state index is -0.542. The second kappa shape index (κ2) is 11.4. The zero-order chi connectivity index (χ0) is 29.3. The van der Waals surface area contributed by atoms with Crippen LogP contribution in [0.1, 0.15) is 43.0 Å².